The van der Waals surface area contributed by atoms with Gasteiger partial charge in [-0.1, -0.05) is 13.8 Å². The van der Waals surface area contributed by atoms with E-state index in [1.807, 2.05) is 13.8 Å². The molecule has 36 nitrogen and oxygen atoms in total. The van der Waals surface area contributed by atoms with E-state index in [1.54, 1.807) is 0 Å². The van der Waals surface area contributed by atoms with Crippen molar-refractivity contribution in [2.75, 3.05) is 119 Å². The molecule has 0 bridgehead atoms. The number of nitrogens with one attached hydrogen (secondary N) is 3. The molecule has 9 unspecified atom stereocenters. The van der Waals surface area contributed by atoms with Crippen molar-refractivity contribution in [3.63, 3.8) is 0 Å². The second-order valence-electron chi connectivity index (χ2n) is 20.1. The van der Waals surface area contributed by atoms with Crippen LogP contribution in [0.15, 0.2) is 0 Å². The minimum atomic E-state index is -4.44. The number of carbonyl (C=O) groups excluding carboxylic acids is 3. The van der Waals surface area contributed by atoms with Crippen molar-refractivity contribution in [2.24, 2.45) is 5.92 Å². The number of ether oxygens (including phenoxy) is 9. The molecule has 3 saturated heterocycles. The minimum absolute atomic E-state index is 0.0310. The first-order valence-electron chi connectivity index (χ1n) is 28.2. The number of carbonyl (C=O) groups is 3. The standard InChI is InChI=1S/C29H56N2O22P2.C19H38NO11P/c1-18(34)30-22-26(38)24(36)20(16-32)52-28(22)46-6-3-4-8-48-54(40,41)50-14-12-44-10-11-45-13-15-51-55(42,43)49-9-5-7-47-29-23(31-19(2)35)27(39)25(37)21(17-33)53-29;1-13(2)12-27-7-6-10-30-32(25,26)29-9-5-4-8-28-19-16(20-14(3)22)18(24)17(23)15(11-21)31-19/h20-29,32-33,36-39H,3-17H2,1-2H3,(H,30,34)(H,31,35)(H,40,41)(H,42,43);13,15-19,21,23-24H,4-12H2,1-3H3,(H,20,22)(H,25,26)/t20?,21?,22?,23?,24-,25-,26+,27+,28+,29+;15?,16?,17-,18+,19+/m00/s1. The summed E-state index contributed by atoms with van der Waals surface area (Å²) in [7, 11) is -13.0. The Labute approximate surface area is 504 Å². The molecule has 0 saturated carbocycles. The SMILES string of the molecule is CC(=O)NC1[C@H](OCCCCOP(=O)(O)OCCCOCC(C)C)OC(CO)[C@H](O)[C@@H]1O.CC(=O)NC1[C@H](OCCCCOP(=O)(O)OCCOCCOCCOP(=O)(O)OCCCO[C@@H]2OC(CO)[C@H](O)[C@H](O)C2NC(C)=O)OC(CO)[C@H](O)[C@@H]1O. The van der Waals surface area contributed by atoms with Crippen molar-refractivity contribution in [1.82, 2.24) is 16.0 Å². The quantitative estimate of drug-likeness (QED) is 0.0206. The molecule has 18 atom stereocenters. The van der Waals surface area contributed by atoms with Gasteiger partial charge in [0.1, 0.15) is 73.1 Å². The molecule has 3 amide bonds. The molecular weight excluding hydrogens is 1240 g/mol. The van der Waals surface area contributed by atoms with Gasteiger partial charge in [0, 0.05) is 47.2 Å². The summed E-state index contributed by atoms with van der Waals surface area (Å²) in [6.45, 7) is 5.98. The van der Waals surface area contributed by atoms with Crippen molar-refractivity contribution in [1.29, 1.82) is 0 Å². The van der Waals surface area contributed by atoms with Crippen LogP contribution in [0.5, 0.6) is 0 Å². The number of phosphoric acid groups is 3. The molecule has 0 spiro atoms. The van der Waals surface area contributed by atoms with Gasteiger partial charge in [-0.05, 0) is 44.4 Å². The third kappa shape index (κ3) is 33.4. The van der Waals surface area contributed by atoms with E-state index in [4.69, 9.17) is 69.8 Å². The van der Waals surface area contributed by atoms with E-state index < -0.39 is 153 Å². The van der Waals surface area contributed by atoms with Crippen molar-refractivity contribution in [2.45, 2.75) is 165 Å². The highest BCUT2D eigenvalue weighted by atomic mass is 31.2. The van der Waals surface area contributed by atoms with Crippen LogP contribution in [0.3, 0.4) is 0 Å². The van der Waals surface area contributed by atoms with Crippen LogP contribution in [-0.4, -0.2) is 289 Å². The first-order chi connectivity index (χ1) is 41.1. The number of aliphatic hydroxyl groups is 9. The van der Waals surface area contributed by atoms with Crippen molar-refractivity contribution < 1.29 is 158 Å². The van der Waals surface area contributed by atoms with Crippen LogP contribution in [0.25, 0.3) is 0 Å². The van der Waals surface area contributed by atoms with Crippen LogP contribution in [0.4, 0.5) is 0 Å². The van der Waals surface area contributed by atoms with Crippen molar-refractivity contribution >= 4 is 41.2 Å². The Morgan fingerprint density at radius 2 is 0.655 bits per heavy atom. The number of amides is 3. The smallest absolute Gasteiger partial charge is 0.394 e. The van der Waals surface area contributed by atoms with Gasteiger partial charge in [0.2, 0.25) is 17.7 Å². The van der Waals surface area contributed by atoms with Crippen LogP contribution in [-0.2, 0) is 97.9 Å². The first kappa shape index (κ1) is 81.1. The Balaban J connectivity index is 0.000000684. The molecule has 0 radical (unpaired) electrons. The van der Waals surface area contributed by atoms with Gasteiger partial charge in [-0.2, -0.15) is 0 Å². The average Bonchev–Trinajstić information content (AvgIpc) is 3.60. The van der Waals surface area contributed by atoms with E-state index in [0.29, 0.717) is 44.8 Å². The maximum Gasteiger partial charge on any atom is 0.472 e. The molecule has 3 fully saturated rings. The normalized spacial score (nSPS) is 29.7. The summed E-state index contributed by atoms with van der Waals surface area (Å²) in [5.74, 6) is -1.04. The molecule has 3 aliphatic rings. The highest BCUT2D eigenvalue weighted by Gasteiger charge is 2.48. The van der Waals surface area contributed by atoms with Crippen molar-refractivity contribution in [3.8, 4) is 0 Å². The molecular formula is C48H94N3O33P3. The second-order valence-corrected chi connectivity index (χ2v) is 24.5. The summed E-state index contributed by atoms with van der Waals surface area (Å²) in [5, 5.41) is 96.1. The summed E-state index contributed by atoms with van der Waals surface area (Å²) in [6.07, 6.45) is -13.5. The molecule has 0 aromatic heterocycles. The summed E-state index contributed by atoms with van der Waals surface area (Å²) >= 11 is 0. The van der Waals surface area contributed by atoms with Gasteiger partial charge in [-0.15, -0.1) is 0 Å². The number of hydrogen-bond acceptors (Lipinski definition) is 30. The fourth-order valence-electron chi connectivity index (χ4n) is 7.96. The maximum atomic E-state index is 12.1. The predicted molar refractivity (Wildman–Crippen MR) is 294 cm³/mol. The molecule has 39 heteroatoms. The van der Waals surface area contributed by atoms with Gasteiger partial charge < -0.3 is 119 Å². The molecule has 87 heavy (non-hydrogen) atoms. The lowest BCUT2D eigenvalue weighted by atomic mass is 9.97. The molecule has 3 heterocycles. The largest absolute Gasteiger partial charge is 0.472 e. The molecule has 0 aromatic rings. The Hall–Kier alpha value is -1.98. The minimum Gasteiger partial charge on any atom is -0.394 e. The Kier molecular flexibility index (Phi) is 40.8. The lowest BCUT2D eigenvalue weighted by molar-refractivity contribution is -0.270. The van der Waals surface area contributed by atoms with Gasteiger partial charge in [-0.3, -0.25) is 41.5 Å². The fourth-order valence-corrected chi connectivity index (χ4v) is 10.2. The highest BCUT2D eigenvalue weighted by molar-refractivity contribution is 7.47. The first-order valence-corrected chi connectivity index (χ1v) is 32.7. The molecule has 15 N–H and O–H groups in total. The highest BCUT2D eigenvalue weighted by Crippen LogP contribution is 2.45. The van der Waals surface area contributed by atoms with Crippen LogP contribution in [0.2, 0.25) is 0 Å². The summed E-state index contributed by atoms with van der Waals surface area (Å²) in [4.78, 5) is 63.6. The van der Waals surface area contributed by atoms with Crippen LogP contribution in [0, 0.1) is 5.92 Å². The number of unbranched alkanes of at least 4 members (excludes halogenated alkanes) is 2. The molecule has 0 aliphatic carbocycles. The van der Waals surface area contributed by atoms with Crippen LogP contribution < -0.4 is 16.0 Å². The van der Waals surface area contributed by atoms with E-state index >= 15 is 0 Å². The molecule has 514 valence electrons. The Morgan fingerprint density at radius 3 is 0.954 bits per heavy atom. The fraction of sp³-hybridized carbons (Fsp3) is 0.938. The zero-order chi connectivity index (χ0) is 65.2. The van der Waals surface area contributed by atoms with E-state index in [9.17, 15) is 88.7 Å². The molecule has 3 aliphatic heterocycles. The van der Waals surface area contributed by atoms with Gasteiger partial charge in [0.05, 0.1) is 92.5 Å². The zero-order valence-electron chi connectivity index (χ0n) is 49.5. The second kappa shape index (κ2) is 43.8. The van der Waals surface area contributed by atoms with Gasteiger partial charge in [0.25, 0.3) is 0 Å². The number of rotatable bonds is 44. The molecule has 3 rings (SSSR count). The summed E-state index contributed by atoms with van der Waals surface area (Å²) in [6, 6.07) is -3.24. The van der Waals surface area contributed by atoms with Crippen LogP contribution in [0.1, 0.15) is 73.1 Å². The third-order valence-electron chi connectivity index (χ3n) is 12.2. The van der Waals surface area contributed by atoms with Gasteiger partial charge in [-0.25, -0.2) is 13.7 Å². The van der Waals surface area contributed by atoms with Crippen molar-refractivity contribution in [3.05, 3.63) is 0 Å². The maximum absolute atomic E-state index is 12.1. The number of phosphoric ester groups is 3. The van der Waals surface area contributed by atoms with Gasteiger partial charge >= 0.3 is 23.5 Å². The molecule has 0 aromatic carbocycles. The lowest BCUT2D eigenvalue weighted by Gasteiger charge is -2.42. The zero-order valence-corrected chi connectivity index (χ0v) is 52.2. The van der Waals surface area contributed by atoms with Gasteiger partial charge in [0.15, 0.2) is 18.9 Å². The topological polar surface area (TPSA) is 520 Å². The Bertz CT molecular complexity index is 2050. The lowest BCUT2D eigenvalue weighted by Crippen LogP contribution is -2.64. The van der Waals surface area contributed by atoms with E-state index in [2.05, 4.69) is 16.0 Å². The third-order valence-corrected chi connectivity index (χ3v) is 15.3. The predicted octanol–water partition coefficient (Wildman–Crippen LogP) is -3.70. The monoisotopic (exact) mass is 1330 g/mol. The van der Waals surface area contributed by atoms with Crippen LogP contribution >= 0.6 is 23.5 Å². The summed E-state index contributed by atoms with van der Waals surface area (Å²) < 4.78 is 114. The number of aliphatic hydroxyl groups excluding tert-OH is 9. The summed E-state index contributed by atoms with van der Waals surface area (Å²) in [5.41, 5.74) is 0. The number of hydrogen-bond donors (Lipinski definition) is 15. The van der Waals surface area contributed by atoms with E-state index in [-0.39, 0.29) is 98.7 Å². The van der Waals surface area contributed by atoms with E-state index in [0.717, 1.165) is 0 Å². The Morgan fingerprint density at radius 1 is 0.391 bits per heavy atom. The van der Waals surface area contributed by atoms with E-state index in [1.165, 1.54) is 20.8 Å². The average molecular weight is 1330 g/mol.